The Morgan fingerprint density at radius 3 is 2.60 bits per heavy atom. The maximum Gasteiger partial charge on any atom is 0.417 e. The fourth-order valence-corrected chi connectivity index (χ4v) is 3.23. The zero-order chi connectivity index (χ0) is 21.1. The Labute approximate surface area is 169 Å². The molecular weight excluding hydrogens is 401 g/mol. The number of amides is 1. The predicted octanol–water partition coefficient (Wildman–Crippen LogP) is 2.76. The van der Waals surface area contributed by atoms with Gasteiger partial charge in [0.05, 0.1) is 30.1 Å². The zero-order valence-electron chi connectivity index (χ0n) is 15.7. The van der Waals surface area contributed by atoms with Crippen LogP contribution >= 0.6 is 0 Å². The van der Waals surface area contributed by atoms with E-state index in [1.54, 1.807) is 23.2 Å². The summed E-state index contributed by atoms with van der Waals surface area (Å²) in [6, 6.07) is 5.42. The molecule has 3 aromatic rings. The van der Waals surface area contributed by atoms with E-state index in [1.165, 1.54) is 23.3 Å². The van der Waals surface area contributed by atoms with Crippen molar-refractivity contribution >= 4 is 5.91 Å². The third-order valence-corrected chi connectivity index (χ3v) is 4.64. The molecule has 156 valence electrons. The van der Waals surface area contributed by atoms with Crippen LogP contribution in [0.5, 0.6) is 5.88 Å². The summed E-state index contributed by atoms with van der Waals surface area (Å²) in [7, 11) is 0. The summed E-state index contributed by atoms with van der Waals surface area (Å²) < 4.78 is 43.7. The van der Waals surface area contributed by atoms with E-state index >= 15 is 0 Å². The number of hydrogen-bond acceptors (Lipinski definition) is 6. The summed E-state index contributed by atoms with van der Waals surface area (Å²) in [5, 5.41) is 8.06. The molecule has 3 aromatic heterocycles. The first-order chi connectivity index (χ1) is 14.4. The summed E-state index contributed by atoms with van der Waals surface area (Å²) in [6.07, 6.45) is 1.78. The molecule has 1 amide bonds. The van der Waals surface area contributed by atoms with Gasteiger partial charge in [-0.3, -0.25) is 4.79 Å². The molecule has 1 atom stereocenters. The minimum atomic E-state index is -4.45. The predicted molar refractivity (Wildman–Crippen MR) is 97.9 cm³/mol. The number of nitrogens with zero attached hydrogens (tertiary/aromatic N) is 6. The van der Waals surface area contributed by atoms with E-state index in [-0.39, 0.29) is 24.4 Å². The van der Waals surface area contributed by atoms with E-state index in [9.17, 15) is 18.0 Å². The topological polar surface area (TPSA) is 86.0 Å². The highest BCUT2D eigenvalue weighted by Crippen LogP contribution is 2.29. The van der Waals surface area contributed by atoms with Gasteiger partial charge >= 0.3 is 6.18 Å². The van der Waals surface area contributed by atoms with Gasteiger partial charge in [0.1, 0.15) is 6.10 Å². The Hall–Kier alpha value is -3.50. The van der Waals surface area contributed by atoms with Gasteiger partial charge in [0.15, 0.2) is 5.82 Å². The Kier molecular flexibility index (Phi) is 5.34. The van der Waals surface area contributed by atoms with Gasteiger partial charge in [0.25, 0.3) is 5.91 Å². The first kappa shape index (κ1) is 19.8. The molecule has 1 unspecified atom stereocenters. The Morgan fingerprint density at radius 1 is 1.10 bits per heavy atom. The van der Waals surface area contributed by atoms with Crippen molar-refractivity contribution in [3.8, 4) is 11.7 Å². The lowest BCUT2D eigenvalue weighted by molar-refractivity contribution is -0.137. The van der Waals surface area contributed by atoms with Crippen LogP contribution in [-0.4, -0.2) is 55.0 Å². The van der Waals surface area contributed by atoms with Crippen LogP contribution in [0.1, 0.15) is 28.8 Å². The second kappa shape index (κ2) is 8.09. The highest BCUT2D eigenvalue weighted by molar-refractivity contribution is 5.97. The number of carbonyl (C=O) groups excluding carboxylic acids is 1. The molecule has 8 nitrogen and oxygen atoms in total. The highest BCUT2D eigenvalue weighted by Gasteiger charge is 2.31. The minimum Gasteiger partial charge on any atom is -0.472 e. The molecule has 1 fully saturated rings. The van der Waals surface area contributed by atoms with Gasteiger partial charge in [-0.25, -0.2) is 9.97 Å². The number of carbonyl (C=O) groups is 1. The molecule has 0 N–H and O–H groups in total. The smallest absolute Gasteiger partial charge is 0.417 e. The number of halogens is 3. The molecule has 4 rings (SSSR count). The average Bonchev–Trinajstić information content (AvgIpc) is 3.28. The summed E-state index contributed by atoms with van der Waals surface area (Å²) in [6.45, 7) is 0.808. The Bertz CT molecular complexity index is 1010. The van der Waals surface area contributed by atoms with Crippen molar-refractivity contribution in [3.05, 3.63) is 60.2 Å². The lowest BCUT2D eigenvalue weighted by Crippen LogP contribution is -2.44. The fraction of sp³-hybridized carbons (Fsp3) is 0.316. The Balaban J connectivity index is 1.46. The number of pyridine rings is 2. The third-order valence-electron chi connectivity index (χ3n) is 4.64. The molecule has 0 aromatic carbocycles. The van der Waals surface area contributed by atoms with Gasteiger partial charge < -0.3 is 9.64 Å². The lowest BCUT2D eigenvalue weighted by atomic mass is 10.1. The molecule has 0 bridgehead atoms. The quantitative estimate of drug-likeness (QED) is 0.648. The molecule has 30 heavy (non-hydrogen) atoms. The fourth-order valence-electron chi connectivity index (χ4n) is 3.23. The first-order valence-corrected chi connectivity index (χ1v) is 9.23. The van der Waals surface area contributed by atoms with Crippen molar-refractivity contribution in [2.24, 2.45) is 0 Å². The van der Waals surface area contributed by atoms with Gasteiger partial charge in [-0.1, -0.05) is 0 Å². The van der Waals surface area contributed by atoms with E-state index in [4.69, 9.17) is 4.74 Å². The minimum absolute atomic E-state index is 0.0881. The maximum absolute atomic E-state index is 13.1. The van der Waals surface area contributed by atoms with Crippen molar-refractivity contribution in [1.82, 2.24) is 29.9 Å². The Morgan fingerprint density at radius 2 is 1.90 bits per heavy atom. The normalized spacial score (nSPS) is 17.0. The standard InChI is InChI=1S/C19H17F3N6O2/c20-19(21,22)13-5-6-16(24-11-13)30-14-3-2-10-27(12-14)18(29)15-4-1-7-23-17(15)28-25-8-9-26-28/h1,4-9,11,14H,2-3,10,12H2. The monoisotopic (exact) mass is 418 g/mol. The molecule has 0 spiro atoms. The molecule has 0 aliphatic carbocycles. The van der Waals surface area contributed by atoms with Gasteiger partial charge in [-0.05, 0) is 31.0 Å². The van der Waals surface area contributed by atoms with Crippen molar-refractivity contribution in [2.75, 3.05) is 13.1 Å². The van der Waals surface area contributed by atoms with Gasteiger partial charge in [0, 0.05) is 25.0 Å². The zero-order valence-corrected chi connectivity index (χ0v) is 15.7. The molecule has 11 heteroatoms. The number of piperidine rings is 1. The van der Waals surface area contributed by atoms with Crippen LogP contribution in [0, 0.1) is 0 Å². The van der Waals surface area contributed by atoms with Gasteiger partial charge in [-0.2, -0.15) is 23.4 Å². The average molecular weight is 418 g/mol. The van der Waals surface area contributed by atoms with Crippen molar-refractivity contribution in [3.63, 3.8) is 0 Å². The number of rotatable bonds is 4. The van der Waals surface area contributed by atoms with E-state index < -0.39 is 11.7 Å². The van der Waals surface area contributed by atoms with E-state index in [0.717, 1.165) is 12.3 Å². The van der Waals surface area contributed by atoms with Crippen LogP contribution in [0.25, 0.3) is 5.82 Å². The van der Waals surface area contributed by atoms with E-state index in [0.29, 0.717) is 30.8 Å². The molecule has 1 aliphatic rings. The van der Waals surface area contributed by atoms with Crippen molar-refractivity contribution in [1.29, 1.82) is 0 Å². The van der Waals surface area contributed by atoms with Gasteiger partial charge in [-0.15, -0.1) is 4.80 Å². The maximum atomic E-state index is 13.1. The molecule has 1 saturated heterocycles. The molecule has 4 heterocycles. The molecular formula is C19H17F3N6O2. The van der Waals surface area contributed by atoms with Crippen molar-refractivity contribution in [2.45, 2.75) is 25.1 Å². The second-order valence-corrected chi connectivity index (χ2v) is 6.71. The number of aromatic nitrogens is 5. The SMILES string of the molecule is O=C(c1cccnc1-n1nccn1)N1CCCC(Oc2ccc(C(F)(F)F)cn2)C1. The van der Waals surface area contributed by atoms with Gasteiger partial charge in [0.2, 0.25) is 5.88 Å². The second-order valence-electron chi connectivity index (χ2n) is 6.71. The lowest BCUT2D eigenvalue weighted by Gasteiger charge is -2.32. The van der Waals surface area contributed by atoms with Crippen LogP contribution in [0.3, 0.4) is 0 Å². The van der Waals surface area contributed by atoms with Crippen LogP contribution < -0.4 is 4.74 Å². The van der Waals surface area contributed by atoms with Crippen LogP contribution in [-0.2, 0) is 6.18 Å². The summed E-state index contributed by atoms with van der Waals surface area (Å²) in [5.74, 6) is 0.161. The van der Waals surface area contributed by atoms with E-state index in [2.05, 4.69) is 20.2 Å². The number of hydrogen-bond donors (Lipinski definition) is 0. The van der Waals surface area contributed by atoms with Crippen molar-refractivity contribution < 1.29 is 22.7 Å². The summed E-state index contributed by atoms with van der Waals surface area (Å²) in [5.41, 5.74) is -0.492. The van der Waals surface area contributed by atoms with E-state index in [1.807, 2.05) is 0 Å². The largest absolute Gasteiger partial charge is 0.472 e. The molecule has 0 saturated carbocycles. The molecule has 1 aliphatic heterocycles. The number of likely N-dealkylation sites (tertiary alicyclic amines) is 1. The van der Waals surface area contributed by atoms with Crippen LogP contribution in [0.2, 0.25) is 0 Å². The molecule has 0 radical (unpaired) electrons. The summed E-state index contributed by atoms with van der Waals surface area (Å²) in [4.78, 5) is 23.9. The summed E-state index contributed by atoms with van der Waals surface area (Å²) >= 11 is 0. The van der Waals surface area contributed by atoms with Crippen LogP contribution in [0.4, 0.5) is 13.2 Å². The number of alkyl halides is 3. The highest BCUT2D eigenvalue weighted by atomic mass is 19.4. The third kappa shape index (κ3) is 4.24. The first-order valence-electron chi connectivity index (χ1n) is 9.23. The van der Waals surface area contributed by atoms with Crippen LogP contribution in [0.15, 0.2) is 49.1 Å². The number of ether oxygens (including phenoxy) is 1.